The minimum Gasteiger partial charge on any atom is -0.497 e. The fourth-order valence-corrected chi connectivity index (χ4v) is 2.40. The van der Waals surface area contributed by atoms with Crippen LogP contribution in [-0.4, -0.2) is 25.9 Å². The molecular weight excluding hydrogens is 250 g/mol. The number of hydrogen-bond acceptors (Lipinski definition) is 5. The summed E-state index contributed by atoms with van der Waals surface area (Å²) >= 11 is 1.41. The van der Waals surface area contributed by atoms with Gasteiger partial charge in [-0.25, -0.2) is 0 Å². The fraction of sp³-hybridized carbons (Fsp3) is 0.385. The highest BCUT2D eigenvalue weighted by Crippen LogP contribution is 2.32. The van der Waals surface area contributed by atoms with Gasteiger partial charge >= 0.3 is 5.97 Å². The second-order valence-electron chi connectivity index (χ2n) is 3.51. The number of thioether (sulfide) groups is 1. The average molecular weight is 265 g/mol. The predicted octanol–water partition coefficient (Wildman–Crippen LogP) is 2.56. The largest absolute Gasteiger partial charge is 0.497 e. The molecule has 18 heavy (non-hydrogen) atoms. The third-order valence-electron chi connectivity index (χ3n) is 2.39. The molecule has 1 aromatic carbocycles. The van der Waals surface area contributed by atoms with Crippen molar-refractivity contribution >= 4 is 17.7 Å². The third kappa shape index (κ3) is 4.30. The first-order valence-corrected chi connectivity index (χ1v) is 6.45. The number of carbonyl (C=O) groups excluding carboxylic acids is 1. The van der Waals surface area contributed by atoms with E-state index in [1.54, 1.807) is 7.11 Å². The molecule has 0 N–H and O–H groups in total. The zero-order valence-corrected chi connectivity index (χ0v) is 11.2. The molecule has 0 aliphatic carbocycles. The van der Waals surface area contributed by atoms with Gasteiger partial charge in [-0.2, -0.15) is 5.26 Å². The number of methoxy groups -OCH3 is 2. The van der Waals surface area contributed by atoms with Crippen molar-refractivity contribution in [1.29, 1.82) is 5.26 Å². The monoisotopic (exact) mass is 265 g/mol. The normalized spacial score (nSPS) is 11.4. The van der Waals surface area contributed by atoms with E-state index in [9.17, 15) is 4.79 Å². The number of rotatable bonds is 6. The van der Waals surface area contributed by atoms with Crippen LogP contribution >= 0.6 is 11.8 Å². The molecule has 1 unspecified atom stereocenters. The summed E-state index contributed by atoms with van der Waals surface area (Å²) in [6.07, 6.45) is 0.355. The highest BCUT2D eigenvalue weighted by atomic mass is 32.2. The van der Waals surface area contributed by atoms with E-state index in [0.29, 0.717) is 6.42 Å². The maximum Gasteiger partial charge on any atom is 0.315 e. The van der Waals surface area contributed by atoms with Gasteiger partial charge in [-0.3, -0.25) is 4.79 Å². The molecule has 0 aliphatic heterocycles. The molecule has 0 spiro atoms. The lowest BCUT2D eigenvalue weighted by atomic mass is 10.1. The Morgan fingerprint density at radius 2 is 2.06 bits per heavy atom. The van der Waals surface area contributed by atoms with E-state index < -0.39 is 0 Å². The van der Waals surface area contributed by atoms with Crippen LogP contribution in [0, 0.1) is 11.3 Å². The molecule has 0 heterocycles. The highest BCUT2D eigenvalue weighted by molar-refractivity contribution is 8.00. The van der Waals surface area contributed by atoms with E-state index >= 15 is 0 Å². The van der Waals surface area contributed by atoms with Crippen molar-refractivity contribution in [2.75, 3.05) is 20.0 Å². The van der Waals surface area contributed by atoms with Crippen LogP contribution in [0.15, 0.2) is 24.3 Å². The molecule has 0 saturated heterocycles. The molecule has 0 saturated carbocycles. The summed E-state index contributed by atoms with van der Waals surface area (Å²) in [6.45, 7) is 0. The van der Waals surface area contributed by atoms with E-state index in [-0.39, 0.29) is 17.0 Å². The molecule has 0 bridgehead atoms. The standard InChI is InChI=1S/C13H15NO3S/c1-16-11-5-3-10(4-6-11)12(7-8-14)18-9-13(15)17-2/h3-6,12H,7,9H2,1-2H3. The molecule has 0 amide bonds. The molecule has 0 aliphatic rings. The van der Waals surface area contributed by atoms with Gasteiger partial charge in [-0.15, -0.1) is 11.8 Å². The lowest BCUT2D eigenvalue weighted by molar-refractivity contribution is -0.137. The zero-order chi connectivity index (χ0) is 13.4. The van der Waals surface area contributed by atoms with E-state index in [2.05, 4.69) is 10.8 Å². The number of hydrogen-bond donors (Lipinski definition) is 0. The molecule has 4 nitrogen and oxygen atoms in total. The van der Waals surface area contributed by atoms with Crippen molar-refractivity contribution < 1.29 is 14.3 Å². The van der Waals surface area contributed by atoms with Crippen molar-refractivity contribution in [3.05, 3.63) is 29.8 Å². The Morgan fingerprint density at radius 1 is 1.39 bits per heavy atom. The van der Waals surface area contributed by atoms with Gasteiger partial charge in [0.1, 0.15) is 5.75 Å². The molecule has 0 fully saturated rings. The summed E-state index contributed by atoms with van der Waals surface area (Å²) in [6, 6.07) is 9.64. The maximum absolute atomic E-state index is 11.1. The number of nitrogens with zero attached hydrogens (tertiary/aromatic N) is 1. The predicted molar refractivity (Wildman–Crippen MR) is 70.4 cm³/mol. The van der Waals surface area contributed by atoms with E-state index in [4.69, 9.17) is 10.00 Å². The summed E-state index contributed by atoms with van der Waals surface area (Å²) in [7, 11) is 2.96. The minimum absolute atomic E-state index is 0.0278. The Kier molecular flexibility index (Phi) is 6.09. The van der Waals surface area contributed by atoms with Crippen LogP contribution in [0.4, 0.5) is 0 Å². The Labute approximate surface area is 111 Å². The molecule has 1 rings (SSSR count). The SMILES string of the molecule is COC(=O)CSC(CC#N)c1ccc(OC)cc1. The minimum atomic E-state index is -0.281. The molecular formula is C13H15NO3S. The van der Waals surface area contributed by atoms with Crippen LogP contribution in [0.25, 0.3) is 0 Å². The molecule has 5 heteroatoms. The Balaban J connectivity index is 2.70. The second-order valence-corrected chi connectivity index (χ2v) is 4.70. The lowest BCUT2D eigenvalue weighted by Crippen LogP contribution is -2.05. The van der Waals surface area contributed by atoms with Crippen LogP contribution in [0.5, 0.6) is 5.75 Å². The van der Waals surface area contributed by atoms with Gasteiger partial charge in [0, 0.05) is 5.25 Å². The van der Waals surface area contributed by atoms with Gasteiger partial charge in [0.25, 0.3) is 0 Å². The van der Waals surface area contributed by atoms with Gasteiger partial charge in [-0.1, -0.05) is 12.1 Å². The summed E-state index contributed by atoms with van der Waals surface area (Å²) < 4.78 is 9.67. The van der Waals surface area contributed by atoms with Crippen LogP contribution in [0.3, 0.4) is 0 Å². The number of ether oxygens (including phenoxy) is 2. The van der Waals surface area contributed by atoms with E-state index in [1.165, 1.54) is 18.9 Å². The fourth-order valence-electron chi connectivity index (χ4n) is 1.40. The number of esters is 1. The number of nitriles is 1. The second kappa shape index (κ2) is 7.62. The van der Waals surface area contributed by atoms with Crippen molar-refractivity contribution in [3.8, 4) is 11.8 Å². The molecule has 1 atom stereocenters. The van der Waals surface area contributed by atoms with Crippen LogP contribution in [-0.2, 0) is 9.53 Å². The Bertz CT molecular complexity index is 425. The molecule has 0 radical (unpaired) electrons. The molecule has 1 aromatic rings. The van der Waals surface area contributed by atoms with Crippen molar-refractivity contribution in [1.82, 2.24) is 0 Å². The van der Waals surface area contributed by atoms with Crippen molar-refractivity contribution in [2.24, 2.45) is 0 Å². The molecule has 0 aromatic heterocycles. The summed E-state index contributed by atoms with van der Waals surface area (Å²) in [5.41, 5.74) is 1.01. The third-order valence-corrected chi connectivity index (χ3v) is 3.64. The quantitative estimate of drug-likeness (QED) is 0.740. The van der Waals surface area contributed by atoms with Crippen molar-refractivity contribution in [3.63, 3.8) is 0 Å². The number of carbonyl (C=O) groups is 1. The lowest BCUT2D eigenvalue weighted by Gasteiger charge is -2.13. The van der Waals surface area contributed by atoms with E-state index in [1.807, 2.05) is 24.3 Å². The van der Waals surface area contributed by atoms with Crippen LogP contribution in [0.2, 0.25) is 0 Å². The highest BCUT2D eigenvalue weighted by Gasteiger charge is 2.14. The smallest absolute Gasteiger partial charge is 0.315 e. The van der Waals surface area contributed by atoms with E-state index in [0.717, 1.165) is 11.3 Å². The van der Waals surface area contributed by atoms with Crippen molar-refractivity contribution in [2.45, 2.75) is 11.7 Å². The number of benzene rings is 1. The zero-order valence-electron chi connectivity index (χ0n) is 10.4. The van der Waals surface area contributed by atoms with Crippen LogP contribution < -0.4 is 4.74 Å². The topological polar surface area (TPSA) is 59.3 Å². The Hall–Kier alpha value is -1.67. The first-order chi connectivity index (χ1) is 8.71. The first kappa shape index (κ1) is 14.4. The Morgan fingerprint density at radius 3 is 2.56 bits per heavy atom. The van der Waals surface area contributed by atoms with Gasteiger partial charge in [0.05, 0.1) is 32.5 Å². The first-order valence-electron chi connectivity index (χ1n) is 5.40. The summed E-state index contributed by atoms with van der Waals surface area (Å²) in [5, 5.41) is 8.79. The van der Waals surface area contributed by atoms with Crippen LogP contribution in [0.1, 0.15) is 17.2 Å². The van der Waals surface area contributed by atoms with Gasteiger partial charge in [-0.05, 0) is 17.7 Å². The molecule has 96 valence electrons. The van der Waals surface area contributed by atoms with Gasteiger partial charge in [0.15, 0.2) is 0 Å². The van der Waals surface area contributed by atoms with Gasteiger partial charge in [0.2, 0.25) is 0 Å². The van der Waals surface area contributed by atoms with Gasteiger partial charge < -0.3 is 9.47 Å². The average Bonchev–Trinajstić information content (AvgIpc) is 2.43. The summed E-state index contributed by atoms with van der Waals surface area (Å²) in [4.78, 5) is 11.1. The maximum atomic E-state index is 11.1. The summed E-state index contributed by atoms with van der Waals surface area (Å²) in [5.74, 6) is 0.735.